The molecule has 1 N–H and O–H groups in total. The minimum atomic E-state index is -4.72. The Balaban J connectivity index is 1.48. The maximum absolute atomic E-state index is 13.8. The fraction of sp³-hybridized carbons (Fsp3) is 0.438. The molecule has 1 fully saturated rings. The zero-order chi connectivity index (χ0) is 32.3. The van der Waals surface area contributed by atoms with Gasteiger partial charge in [-0.25, -0.2) is 13.1 Å². The number of nitrogens with one attached hydrogen (secondary N) is 1. The Morgan fingerprint density at radius 1 is 1.05 bits per heavy atom. The summed E-state index contributed by atoms with van der Waals surface area (Å²) in [5.74, 6) is -0.928. The third kappa shape index (κ3) is 8.36. The molecule has 3 atom stereocenters. The predicted octanol–water partition coefficient (Wildman–Crippen LogP) is 5.59. The molecule has 2 amide bonds. The van der Waals surface area contributed by atoms with Crippen molar-refractivity contribution in [3.05, 3.63) is 89.5 Å². The summed E-state index contributed by atoms with van der Waals surface area (Å²) >= 11 is 0. The second-order valence-corrected chi connectivity index (χ2v) is 13.7. The largest absolute Gasteiger partial charge is 0.523 e. The Bertz CT molecular complexity index is 1500. The third-order valence-corrected chi connectivity index (χ3v) is 9.21. The Hall–Kier alpha value is -3.48. The number of ether oxygens (including phenoxy) is 1. The van der Waals surface area contributed by atoms with E-state index < -0.39 is 40.6 Å². The number of hydrogen-bond acceptors (Lipinski definition) is 6. The van der Waals surface area contributed by atoms with Gasteiger partial charge in [0, 0.05) is 13.0 Å². The molecule has 0 saturated carbocycles. The van der Waals surface area contributed by atoms with Crippen molar-refractivity contribution < 1.29 is 35.9 Å². The van der Waals surface area contributed by atoms with Crippen LogP contribution in [-0.2, 0) is 29.8 Å². The van der Waals surface area contributed by atoms with Crippen molar-refractivity contribution in [2.75, 3.05) is 13.6 Å². The number of sulfonamides is 1. The highest BCUT2D eigenvalue weighted by Crippen LogP contribution is 2.37. The van der Waals surface area contributed by atoms with E-state index in [2.05, 4.69) is 30.2 Å². The Labute approximate surface area is 256 Å². The van der Waals surface area contributed by atoms with E-state index in [1.807, 2.05) is 29.2 Å². The van der Waals surface area contributed by atoms with Gasteiger partial charge in [0.25, 0.3) is 10.0 Å². The van der Waals surface area contributed by atoms with E-state index in [1.165, 1.54) is 18.2 Å². The van der Waals surface area contributed by atoms with Gasteiger partial charge in [0.1, 0.15) is 6.17 Å². The molecule has 44 heavy (non-hydrogen) atoms. The number of benzene rings is 2. The number of amides is 2. The van der Waals surface area contributed by atoms with Gasteiger partial charge in [0.05, 0.1) is 17.0 Å². The minimum Gasteiger partial charge on any atom is -0.321 e. The molecule has 1 aliphatic heterocycles. The molecular weight excluding hydrogens is 595 g/mol. The fourth-order valence-corrected chi connectivity index (χ4v) is 6.51. The van der Waals surface area contributed by atoms with Crippen LogP contribution in [0.1, 0.15) is 63.7 Å². The number of alkyl halides is 3. The summed E-state index contributed by atoms with van der Waals surface area (Å²) in [6.45, 7) is 6.61. The Morgan fingerprint density at radius 3 is 2.27 bits per heavy atom. The van der Waals surface area contributed by atoms with Crippen LogP contribution in [0.15, 0.2) is 83.3 Å². The molecular formula is C32H38F3N3O5S. The SMILES string of the molecule is CN1[C@@H](CCC(=O)NS(=O)(=O)c2ccccc2)C(=O)N(CCC2=CCC(OC(F)(F)F)C=C2)[C@@H]1c1ccc(C(C)(C)C)cc1. The molecule has 1 heterocycles. The predicted molar refractivity (Wildman–Crippen MR) is 160 cm³/mol. The van der Waals surface area contributed by atoms with Crippen molar-refractivity contribution in [2.45, 2.75) is 81.4 Å². The normalized spacial score (nSPS) is 21.4. The lowest BCUT2D eigenvalue weighted by atomic mass is 9.86. The molecule has 1 aliphatic carbocycles. The summed E-state index contributed by atoms with van der Waals surface area (Å²) in [5.41, 5.74) is 2.72. The van der Waals surface area contributed by atoms with E-state index in [0.717, 1.165) is 16.7 Å². The van der Waals surface area contributed by atoms with Crippen LogP contribution in [0, 0.1) is 0 Å². The average Bonchev–Trinajstić information content (AvgIpc) is 3.18. The third-order valence-electron chi connectivity index (χ3n) is 7.83. The van der Waals surface area contributed by atoms with Gasteiger partial charge < -0.3 is 4.90 Å². The van der Waals surface area contributed by atoms with Crippen LogP contribution in [0.25, 0.3) is 0 Å². The molecule has 12 heteroatoms. The lowest BCUT2D eigenvalue weighted by Gasteiger charge is -2.30. The van der Waals surface area contributed by atoms with Crippen LogP contribution < -0.4 is 4.72 Å². The van der Waals surface area contributed by atoms with Gasteiger partial charge >= 0.3 is 6.36 Å². The summed E-state index contributed by atoms with van der Waals surface area (Å²) in [6, 6.07) is 14.9. The van der Waals surface area contributed by atoms with Gasteiger partial charge in [-0.05, 0) is 55.0 Å². The first-order valence-electron chi connectivity index (χ1n) is 14.4. The Morgan fingerprint density at radius 2 is 1.70 bits per heavy atom. The molecule has 4 rings (SSSR count). The molecule has 1 unspecified atom stereocenters. The number of hydrogen-bond donors (Lipinski definition) is 1. The summed E-state index contributed by atoms with van der Waals surface area (Å²) < 4.78 is 69.1. The number of allylic oxidation sites excluding steroid dienone is 1. The lowest BCUT2D eigenvalue weighted by Crippen LogP contribution is -2.35. The minimum absolute atomic E-state index is 0.0327. The highest BCUT2D eigenvalue weighted by Gasteiger charge is 2.44. The van der Waals surface area contributed by atoms with Crippen LogP contribution in [0.2, 0.25) is 0 Å². The number of likely N-dealkylation sites (N-methyl/N-ethyl adjacent to an activating group) is 1. The summed E-state index contributed by atoms with van der Waals surface area (Å²) in [7, 11) is -2.25. The lowest BCUT2D eigenvalue weighted by molar-refractivity contribution is -0.336. The maximum atomic E-state index is 13.8. The molecule has 2 aliphatic rings. The first-order chi connectivity index (χ1) is 20.5. The second kappa shape index (κ2) is 13.3. The van der Waals surface area contributed by atoms with Crippen molar-refractivity contribution >= 4 is 21.8 Å². The van der Waals surface area contributed by atoms with E-state index in [1.54, 1.807) is 42.3 Å². The standard InChI is InChI=1S/C32H38F3N3O5S/c1-31(2,3)24-14-12-23(13-15-24)29-37(4)27(18-19-28(39)36-44(41,42)26-8-6-5-7-9-26)30(40)38(29)21-20-22-10-16-25(17-11-22)43-32(33,34)35/h5-16,25,27,29H,17-21H2,1-4H3,(H,36,39)/t25?,27-,29+/m0/s1. The zero-order valence-electron chi connectivity index (χ0n) is 25.2. The van der Waals surface area contributed by atoms with E-state index >= 15 is 0 Å². The van der Waals surface area contributed by atoms with E-state index in [9.17, 15) is 31.2 Å². The van der Waals surface area contributed by atoms with Gasteiger partial charge in [0.15, 0.2) is 0 Å². The van der Waals surface area contributed by atoms with Gasteiger partial charge in [-0.3, -0.25) is 19.2 Å². The number of nitrogens with zero attached hydrogens (tertiary/aromatic N) is 2. The molecule has 238 valence electrons. The van der Waals surface area contributed by atoms with Crippen LogP contribution in [0.4, 0.5) is 13.2 Å². The monoisotopic (exact) mass is 633 g/mol. The Kier molecular flexibility index (Phi) is 10.1. The average molecular weight is 634 g/mol. The number of carbonyl (C=O) groups excluding carboxylic acids is 2. The van der Waals surface area contributed by atoms with Crippen LogP contribution >= 0.6 is 0 Å². The smallest absolute Gasteiger partial charge is 0.321 e. The molecule has 0 radical (unpaired) electrons. The second-order valence-electron chi connectivity index (χ2n) is 12.1. The van der Waals surface area contributed by atoms with Crippen LogP contribution in [-0.4, -0.2) is 62.1 Å². The van der Waals surface area contributed by atoms with Crippen molar-refractivity contribution in [1.29, 1.82) is 0 Å². The van der Waals surface area contributed by atoms with E-state index in [4.69, 9.17) is 0 Å². The molecule has 2 aromatic rings. The molecule has 0 spiro atoms. The van der Waals surface area contributed by atoms with Crippen molar-refractivity contribution in [2.24, 2.45) is 0 Å². The van der Waals surface area contributed by atoms with Gasteiger partial charge in [0.2, 0.25) is 11.8 Å². The highest BCUT2D eigenvalue weighted by atomic mass is 32.2. The number of carbonyl (C=O) groups is 2. The first-order valence-corrected chi connectivity index (χ1v) is 15.9. The van der Waals surface area contributed by atoms with Crippen molar-refractivity contribution in [1.82, 2.24) is 14.5 Å². The molecule has 2 aromatic carbocycles. The first kappa shape index (κ1) is 33.4. The van der Waals surface area contributed by atoms with Crippen LogP contribution in [0.5, 0.6) is 0 Å². The molecule has 8 nitrogen and oxygen atoms in total. The zero-order valence-corrected chi connectivity index (χ0v) is 26.0. The van der Waals surface area contributed by atoms with E-state index in [0.29, 0.717) is 13.0 Å². The molecule has 0 bridgehead atoms. The van der Waals surface area contributed by atoms with Gasteiger partial charge in [-0.2, -0.15) is 0 Å². The van der Waals surface area contributed by atoms with Crippen LogP contribution in [0.3, 0.4) is 0 Å². The highest BCUT2D eigenvalue weighted by molar-refractivity contribution is 7.90. The van der Waals surface area contributed by atoms with Crippen molar-refractivity contribution in [3.8, 4) is 0 Å². The topological polar surface area (TPSA) is 96.0 Å². The van der Waals surface area contributed by atoms with Gasteiger partial charge in [-0.15, -0.1) is 13.2 Å². The summed E-state index contributed by atoms with van der Waals surface area (Å²) in [4.78, 5) is 30.0. The quantitative estimate of drug-likeness (QED) is 0.367. The summed E-state index contributed by atoms with van der Waals surface area (Å²) in [6.07, 6.45) is -1.23. The number of rotatable bonds is 10. The van der Waals surface area contributed by atoms with E-state index in [-0.39, 0.29) is 35.5 Å². The van der Waals surface area contributed by atoms with Crippen molar-refractivity contribution in [3.63, 3.8) is 0 Å². The number of halogens is 3. The fourth-order valence-electron chi connectivity index (χ4n) is 5.47. The molecule has 0 aromatic heterocycles. The maximum Gasteiger partial charge on any atom is 0.523 e. The molecule has 1 saturated heterocycles. The summed E-state index contributed by atoms with van der Waals surface area (Å²) in [5, 5.41) is 0. The van der Waals surface area contributed by atoms with Gasteiger partial charge in [-0.1, -0.05) is 87.0 Å².